The summed E-state index contributed by atoms with van der Waals surface area (Å²) in [4.78, 5) is 0. The van der Waals surface area contributed by atoms with Crippen LogP contribution in [0, 0.1) is 0 Å². The first kappa shape index (κ1) is 15.9. The van der Waals surface area contributed by atoms with E-state index in [4.69, 9.17) is 27.9 Å². The van der Waals surface area contributed by atoms with Crippen molar-refractivity contribution < 1.29 is 9.84 Å². The molecule has 5 heteroatoms. The Hall–Kier alpha value is -0.480. The van der Waals surface area contributed by atoms with Crippen molar-refractivity contribution in [1.29, 1.82) is 0 Å². The first-order valence-corrected chi connectivity index (χ1v) is 7.75. The van der Waals surface area contributed by atoms with Gasteiger partial charge in [-0.15, -0.1) is 0 Å². The van der Waals surface area contributed by atoms with Crippen LogP contribution in [0.15, 0.2) is 18.2 Å². The number of hydrogen-bond acceptors (Lipinski definition) is 3. The zero-order valence-corrected chi connectivity index (χ0v) is 13.2. The molecule has 1 saturated carbocycles. The van der Waals surface area contributed by atoms with Gasteiger partial charge in [-0.1, -0.05) is 36.0 Å². The molecule has 0 heterocycles. The van der Waals surface area contributed by atoms with Gasteiger partial charge in [-0.25, -0.2) is 0 Å². The third-order valence-electron chi connectivity index (χ3n) is 3.80. The molecule has 0 amide bonds. The summed E-state index contributed by atoms with van der Waals surface area (Å²) in [5, 5.41) is 14.4. The molecule has 1 aromatic rings. The van der Waals surface area contributed by atoms with Crippen molar-refractivity contribution in [3.8, 4) is 5.75 Å². The number of ether oxygens (including phenoxy) is 1. The monoisotopic (exact) mass is 317 g/mol. The van der Waals surface area contributed by atoms with E-state index in [-0.39, 0.29) is 12.1 Å². The van der Waals surface area contributed by atoms with Gasteiger partial charge < -0.3 is 15.2 Å². The highest BCUT2D eigenvalue weighted by molar-refractivity contribution is 6.35. The molecule has 0 saturated heterocycles. The molecule has 1 atom stereocenters. The number of aliphatic hydroxyl groups excluding tert-OH is 1. The highest BCUT2D eigenvalue weighted by Gasteiger charge is 2.28. The summed E-state index contributed by atoms with van der Waals surface area (Å²) in [5.41, 5.74) is 0.166. The molecular formula is C15H21Cl2NO2. The normalized spacial score (nSPS) is 19.0. The van der Waals surface area contributed by atoms with Gasteiger partial charge in [0.15, 0.2) is 0 Å². The average Bonchev–Trinajstić information content (AvgIpc) is 2.83. The molecule has 112 valence electrons. The lowest BCUT2D eigenvalue weighted by Crippen LogP contribution is -2.44. The van der Waals surface area contributed by atoms with Crippen LogP contribution in [0.4, 0.5) is 0 Å². The first-order chi connectivity index (χ1) is 9.48. The molecule has 1 aromatic carbocycles. The Morgan fingerprint density at radius 3 is 2.70 bits per heavy atom. The Kier molecular flexibility index (Phi) is 5.56. The number of benzene rings is 1. The van der Waals surface area contributed by atoms with E-state index in [1.165, 1.54) is 25.7 Å². The van der Waals surface area contributed by atoms with Crippen molar-refractivity contribution >= 4 is 23.2 Å². The van der Waals surface area contributed by atoms with E-state index in [0.717, 1.165) is 0 Å². The third kappa shape index (κ3) is 4.52. The molecule has 0 bridgehead atoms. The maximum Gasteiger partial charge on any atom is 0.138 e. The Morgan fingerprint density at radius 1 is 1.35 bits per heavy atom. The lowest BCUT2D eigenvalue weighted by atomic mass is 10.0. The fourth-order valence-corrected chi connectivity index (χ4v) is 3.00. The summed E-state index contributed by atoms with van der Waals surface area (Å²) in [7, 11) is 0. The third-order valence-corrected chi connectivity index (χ3v) is 4.33. The van der Waals surface area contributed by atoms with Gasteiger partial charge in [-0.05, 0) is 38.0 Å². The minimum atomic E-state index is -0.556. The molecule has 0 radical (unpaired) electrons. The van der Waals surface area contributed by atoms with Crippen LogP contribution in [0.3, 0.4) is 0 Å². The van der Waals surface area contributed by atoms with E-state index in [2.05, 4.69) is 12.2 Å². The van der Waals surface area contributed by atoms with Crippen LogP contribution in [-0.4, -0.2) is 29.9 Å². The highest BCUT2D eigenvalue weighted by atomic mass is 35.5. The molecule has 1 aliphatic carbocycles. The van der Waals surface area contributed by atoms with Gasteiger partial charge in [0, 0.05) is 17.1 Å². The fraction of sp³-hybridized carbons (Fsp3) is 0.600. The van der Waals surface area contributed by atoms with Crippen LogP contribution < -0.4 is 10.1 Å². The number of rotatable bonds is 6. The van der Waals surface area contributed by atoms with Crippen LogP contribution in [0.1, 0.15) is 32.6 Å². The number of hydrogen-bond donors (Lipinski definition) is 2. The van der Waals surface area contributed by atoms with Gasteiger partial charge >= 0.3 is 0 Å². The second-order valence-electron chi connectivity index (χ2n) is 5.69. The quantitative estimate of drug-likeness (QED) is 0.841. The van der Waals surface area contributed by atoms with Crippen molar-refractivity contribution in [1.82, 2.24) is 5.32 Å². The van der Waals surface area contributed by atoms with Gasteiger partial charge in [-0.3, -0.25) is 0 Å². The number of aliphatic hydroxyl groups is 1. The summed E-state index contributed by atoms with van der Waals surface area (Å²) in [6.07, 6.45) is 4.30. The van der Waals surface area contributed by atoms with Crippen LogP contribution >= 0.6 is 23.2 Å². The van der Waals surface area contributed by atoms with Crippen molar-refractivity contribution in [2.24, 2.45) is 0 Å². The van der Waals surface area contributed by atoms with E-state index >= 15 is 0 Å². The predicted molar refractivity (Wildman–Crippen MR) is 82.8 cm³/mol. The molecule has 1 unspecified atom stereocenters. The number of halogens is 2. The Morgan fingerprint density at radius 2 is 2.05 bits per heavy atom. The Balaban J connectivity index is 1.75. The SMILES string of the molecule is CC1(NCC(O)COc2ccc(Cl)cc2Cl)CCCC1. The van der Waals surface area contributed by atoms with Crippen molar-refractivity contribution in [2.75, 3.05) is 13.2 Å². The standard InChI is InChI=1S/C15H21Cl2NO2/c1-15(6-2-3-7-15)18-9-12(19)10-20-14-5-4-11(16)8-13(14)17/h4-5,8,12,18-19H,2-3,6-7,9-10H2,1H3. The van der Waals surface area contributed by atoms with E-state index in [9.17, 15) is 5.11 Å². The molecule has 2 N–H and O–H groups in total. The van der Waals surface area contributed by atoms with Crippen molar-refractivity contribution in [3.05, 3.63) is 28.2 Å². The van der Waals surface area contributed by atoms with Gasteiger partial charge in [0.25, 0.3) is 0 Å². The molecular weight excluding hydrogens is 297 g/mol. The van der Waals surface area contributed by atoms with Gasteiger partial charge in [-0.2, -0.15) is 0 Å². The molecule has 1 fully saturated rings. The van der Waals surface area contributed by atoms with Crippen LogP contribution in [-0.2, 0) is 0 Å². The Bertz CT molecular complexity index is 447. The highest BCUT2D eigenvalue weighted by Crippen LogP contribution is 2.29. The minimum absolute atomic E-state index is 0.166. The second kappa shape index (κ2) is 6.99. The maximum atomic E-state index is 9.97. The summed E-state index contributed by atoms with van der Waals surface area (Å²) in [6.45, 7) is 2.95. The van der Waals surface area contributed by atoms with E-state index in [1.54, 1.807) is 18.2 Å². The molecule has 0 spiro atoms. The molecule has 2 rings (SSSR count). The zero-order chi connectivity index (χ0) is 14.6. The fourth-order valence-electron chi connectivity index (χ4n) is 2.53. The van der Waals surface area contributed by atoms with Gasteiger partial charge in [0.2, 0.25) is 0 Å². The molecule has 3 nitrogen and oxygen atoms in total. The first-order valence-electron chi connectivity index (χ1n) is 6.99. The average molecular weight is 318 g/mol. The van der Waals surface area contributed by atoms with Crippen LogP contribution in [0.25, 0.3) is 0 Å². The van der Waals surface area contributed by atoms with Crippen LogP contribution in [0.5, 0.6) is 5.75 Å². The molecule has 0 aliphatic heterocycles. The van der Waals surface area contributed by atoms with E-state index in [0.29, 0.717) is 22.3 Å². The summed E-state index contributed by atoms with van der Waals surface area (Å²) in [6, 6.07) is 5.05. The number of nitrogens with one attached hydrogen (secondary N) is 1. The van der Waals surface area contributed by atoms with Crippen LogP contribution in [0.2, 0.25) is 10.0 Å². The van der Waals surface area contributed by atoms with Gasteiger partial charge in [0.05, 0.1) is 5.02 Å². The molecule has 0 aromatic heterocycles. The topological polar surface area (TPSA) is 41.5 Å². The molecule has 20 heavy (non-hydrogen) atoms. The Labute approximate surface area is 130 Å². The second-order valence-corrected chi connectivity index (χ2v) is 6.53. The zero-order valence-electron chi connectivity index (χ0n) is 11.7. The minimum Gasteiger partial charge on any atom is -0.489 e. The maximum absolute atomic E-state index is 9.97. The smallest absolute Gasteiger partial charge is 0.138 e. The van der Waals surface area contributed by atoms with Crippen molar-refractivity contribution in [2.45, 2.75) is 44.2 Å². The largest absolute Gasteiger partial charge is 0.489 e. The number of β-amino-alcohol motifs (C(OH)–C–C–N with tert-alkyl or cyclic N) is 1. The summed E-state index contributed by atoms with van der Waals surface area (Å²) in [5.74, 6) is 0.544. The lowest BCUT2D eigenvalue weighted by Gasteiger charge is -2.27. The molecule has 1 aliphatic rings. The summed E-state index contributed by atoms with van der Waals surface area (Å²) < 4.78 is 5.52. The van der Waals surface area contributed by atoms with Gasteiger partial charge in [0.1, 0.15) is 18.5 Å². The van der Waals surface area contributed by atoms with E-state index in [1.807, 2.05) is 0 Å². The lowest BCUT2D eigenvalue weighted by molar-refractivity contribution is 0.0980. The van der Waals surface area contributed by atoms with E-state index < -0.39 is 6.10 Å². The van der Waals surface area contributed by atoms with Crippen molar-refractivity contribution in [3.63, 3.8) is 0 Å². The summed E-state index contributed by atoms with van der Waals surface area (Å²) >= 11 is 11.8. The predicted octanol–water partition coefficient (Wildman–Crippen LogP) is 3.66.